The summed E-state index contributed by atoms with van der Waals surface area (Å²) >= 11 is 0. The number of methoxy groups -OCH3 is 2. The summed E-state index contributed by atoms with van der Waals surface area (Å²) in [6.45, 7) is 2.88. The van der Waals surface area contributed by atoms with E-state index in [-0.39, 0.29) is 11.6 Å². The van der Waals surface area contributed by atoms with Gasteiger partial charge in [-0.15, -0.1) is 10.2 Å². The van der Waals surface area contributed by atoms with E-state index in [0.29, 0.717) is 42.0 Å². The number of anilines is 2. The number of amides is 1. The second kappa shape index (κ2) is 7.78. The number of ether oxygens (including phenoxy) is 2. The van der Waals surface area contributed by atoms with Gasteiger partial charge in [0.05, 0.1) is 14.2 Å². The lowest BCUT2D eigenvalue weighted by Gasteiger charge is -2.29. The van der Waals surface area contributed by atoms with E-state index in [1.54, 1.807) is 44.2 Å². The first-order valence-corrected chi connectivity index (χ1v) is 9.14. The first kappa shape index (κ1) is 18.7. The van der Waals surface area contributed by atoms with Crippen LogP contribution in [0.1, 0.15) is 27.4 Å². The van der Waals surface area contributed by atoms with E-state index in [0.717, 1.165) is 17.5 Å². The van der Waals surface area contributed by atoms with Crippen LogP contribution >= 0.6 is 0 Å². The minimum atomic E-state index is -0.165. The lowest BCUT2D eigenvalue weighted by molar-refractivity contribution is 0.0727. The molecule has 29 heavy (non-hydrogen) atoms. The van der Waals surface area contributed by atoms with Gasteiger partial charge in [-0.1, -0.05) is 5.16 Å². The van der Waals surface area contributed by atoms with E-state index in [1.165, 1.54) is 0 Å². The molecule has 1 N–H and O–H groups in total. The number of hydrogen-bond acceptors (Lipinski definition) is 8. The molecule has 0 unspecified atom stereocenters. The Bertz CT molecular complexity index is 1030. The number of nitrogens with zero attached hydrogens (tertiary/aromatic N) is 4. The van der Waals surface area contributed by atoms with Crippen molar-refractivity contribution in [3.05, 3.63) is 52.9 Å². The lowest BCUT2D eigenvalue weighted by Crippen LogP contribution is -2.36. The summed E-state index contributed by atoms with van der Waals surface area (Å²) in [4.78, 5) is 14.6. The molecule has 4 rings (SSSR count). The molecule has 9 nitrogen and oxygen atoms in total. The van der Waals surface area contributed by atoms with Crippen LogP contribution in [0.5, 0.6) is 11.5 Å². The summed E-state index contributed by atoms with van der Waals surface area (Å²) < 4.78 is 15.7. The van der Waals surface area contributed by atoms with Crippen molar-refractivity contribution in [1.82, 2.24) is 20.3 Å². The van der Waals surface area contributed by atoms with Gasteiger partial charge in [-0.3, -0.25) is 4.79 Å². The third-order valence-electron chi connectivity index (χ3n) is 4.77. The van der Waals surface area contributed by atoms with Gasteiger partial charge in [0, 0.05) is 19.2 Å². The fourth-order valence-electron chi connectivity index (χ4n) is 3.29. The molecular weight excluding hydrogens is 374 g/mol. The largest absolute Gasteiger partial charge is 0.493 e. The number of carbonyl (C=O) groups excluding carboxylic acids is 1. The monoisotopic (exact) mass is 395 g/mol. The molecule has 0 bridgehead atoms. The zero-order chi connectivity index (χ0) is 20.4. The molecule has 1 aliphatic heterocycles. The third kappa shape index (κ3) is 3.84. The third-order valence-corrected chi connectivity index (χ3v) is 4.77. The van der Waals surface area contributed by atoms with Crippen LogP contribution < -0.4 is 14.8 Å². The Kier molecular flexibility index (Phi) is 5.03. The fraction of sp³-hybridized carbons (Fsp3) is 0.300. The maximum Gasteiger partial charge on any atom is 0.274 e. The highest BCUT2D eigenvalue weighted by molar-refractivity contribution is 5.92. The second-order valence-electron chi connectivity index (χ2n) is 6.70. The molecule has 1 aromatic carbocycles. The summed E-state index contributed by atoms with van der Waals surface area (Å²) in [6, 6.07) is 8.98. The molecule has 0 atom stereocenters. The zero-order valence-electron chi connectivity index (χ0n) is 16.4. The van der Waals surface area contributed by atoms with Crippen molar-refractivity contribution in [3.63, 3.8) is 0 Å². The molecule has 0 fully saturated rings. The van der Waals surface area contributed by atoms with Crippen molar-refractivity contribution in [2.45, 2.75) is 19.9 Å². The number of benzene rings is 1. The minimum absolute atomic E-state index is 0.165. The summed E-state index contributed by atoms with van der Waals surface area (Å²) in [5.74, 6) is 2.89. The summed E-state index contributed by atoms with van der Waals surface area (Å²) in [5, 5.41) is 15.0. The molecule has 150 valence electrons. The smallest absolute Gasteiger partial charge is 0.274 e. The van der Waals surface area contributed by atoms with Gasteiger partial charge in [0.1, 0.15) is 5.76 Å². The van der Waals surface area contributed by atoms with E-state index >= 15 is 0 Å². The number of fused-ring (bicyclic) bond motifs is 1. The zero-order valence-corrected chi connectivity index (χ0v) is 16.4. The molecule has 1 amide bonds. The normalized spacial score (nSPS) is 13.0. The maximum atomic E-state index is 12.9. The molecule has 9 heteroatoms. The molecule has 3 heterocycles. The highest BCUT2D eigenvalue weighted by Crippen LogP contribution is 2.33. The van der Waals surface area contributed by atoms with Crippen LogP contribution in [-0.2, 0) is 13.0 Å². The Hall–Kier alpha value is -3.62. The highest BCUT2D eigenvalue weighted by atomic mass is 16.5. The highest BCUT2D eigenvalue weighted by Gasteiger charge is 2.24. The molecule has 1 aliphatic rings. The van der Waals surface area contributed by atoms with Crippen molar-refractivity contribution >= 4 is 17.5 Å². The molecular formula is C20H21N5O4. The van der Waals surface area contributed by atoms with E-state index in [9.17, 15) is 4.79 Å². The molecule has 3 aromatic rings. The molecule has 0 aliphatic carbocycles. The Morgan fingerprint density at radius 2 is 1.83 bits per heavy atom. The fourth-order valence-corrected chi connectivity index (χ4v) is 3.29. The van der Waals surface area contributed by atoms with Crippen LogP contribution in [0.15, 0.2) is 34.9 Å². The van der Waals surface area contributed by atoms with Gasteiger partial charge in [0.25, 0.3) is 5.91 Å². The second-order valence-corrected chi connectivity index (χ2v) is 6.70. The Morgan fingerprint density at radius 1 is 1.07 bits per heavy atom. The number of aromatic nitrogens is 3. The average molecular weight is 395 g/mol. The predicted molar refractivity (Wildman–Crippen MR) is 105 cm³/mol. The van der Waals surface area contributed by atoms with Crippen LogP contribution in [-0.4, -0.2) is 46.9 Å². The molecule has 2 aromatic heterocycles. The first-order chi connectivity index (χ1) is 14.1. The molecule has 0 spiro atoms. The Morgan fingerprint density at radius 3 is 2.45 bits per heavy atom. The van der Waals surface area contributed by atoms with Crippen LogP contribution in [0.2, 0.25) is 0 Å². The quantitative estimate of drug-likeness (QED) is 0.703. The molecule has 0 saturated carbocycles. The standard InChI is InChI=1S/C20H21N5O4/c1-12-8-19(24-29-12)21-18-5-4-15(22-23-18)20(26)25-7-6-13-9-16(27-2)17(28-3)10-14(13)11-25/h4-5,8-10H,6-7,11H2,1-3H3,(H,21,23,24). The Balaban J connectivity index is 1.47. The van der Waals surface area contributed by atoms with Gasteiger partial charge in [0.15, 0.2) is 28.8 Å². The van der Waals surface area contributed by atoms with Gasteiger partial charge in [-0.2, -0.15) is 0 Å². The topological polar surface area (TPSA) is 103 Å². The number of aryl methyl sites for hydroxylation is 1. The lowest BCUT2D eigenvalue weighted by atomic mass is 9.98. The summed E-state index contributed by atoms with van der Waals surface area (Å²) in [7, 11) is 3.21. The summed E-state index contributed by atoms with van der Waals surface area (Å²) in [5.41, 5.74) is 2.48. The maximum absolute atomic E-state index is 12.9. The van der Waals surface area contributed by atoms with Gasteiger partial charge in [0.2, 0.25) is 0 Å². The van der Waals surface area contributed by atoms with Gasteiger partial charge in [-0.05, 0) is 48.7 Å². The van der Waals surface area contributed by atoms with Crippen molar-refractivity contribution in [3.8, 4) is 11.5 Å². The summed E-state index contributed by atoms with van der Waals surface area (Å²) in [6.07, 6.45) is 0.736. The van der Waals surface area contributed by atoms with Crippen LogP contribution in [0, 0.1) is 6.92 Å². The van der Waals surface area contributed by atoms with E-state index in [4.69, 9.17) is 14.0 Å². The number of nitrogens with one attached hydrogen (secondary N) is 1. The average Bonchev–Trinajstić information content (AvgIpc) is 3.16. The number of hydrogen-bond donors (Lipinski definition) is 1. The van der Waals surface area contributed by atoms with Crippen molar-refractivity contribution < 1.29 is 18.8 Å². The van der Waals surface area contributed by atoms with E-state index in [2.05, 4.69) is 20.7 Å². The number of rotatable bonds is 5. The van der Waals surface area contributed by atoms with Crippen molar-refractivity contribution in [2.24, 2.45) is 0 Å². The predicted octanol–water partition coefficient (Wildman–Crippen LogP) is 2.73. The van der Waals surface area contributed by atoms with Crippen molar-refractivity contribution in [2.75, 3.05) is 26.1 Å². The van der Waals surface area contributed by atoms with Crippen LogP contribution in [0.25, 0.3) is 0 Å². The van der Waals surface area contributed by atoms with Gasteiger partial charge < -0.3 is 24.2 Å². The SMILES string of the molecule is COc1cc2c(cc1OC)CN(C(=O)c1ccc(Nc3cc(C)on3)nn1)CC2. The number of carbonyl (C=O) groups is 1. The molecule has 0 radical (unpaired) electrons. The first-order valence-electron chi connectivity index (χ1n) is 9.14. The minimum Gasteiger partial charge on any atom is -0.493 e. The van der Waals surface area contributed by atoms with Crippen molar-refractivity contribution in [1.29, 1.82) is 0 Å². The Labute approximate surface area is 167 Å². The molecule has 0 saturated heterocycles. The van der Waals surface area contributed by atoms with E-state index in [1.807, 2.05) is 12.1 Å². The van der Waals surface area contributed by atoms with Gasteiger partial charge in [-0.25, -0.2) is 0 Å². The van der Waals surface area contributed by atoms with E-state index < -0.39 is 0 Å². The van der Waals surface area contributed by atoms with Crippen LogP contribution in [0.3, 0.4) is 0 Å². The van der Waals surface area contributed by atoms with Crippen LogP contribution in [0.4, 0.5) is 11.6 Å². The van der Waals surface area contributed by atoms with Gasteiger partial charge >= 0.3 is 0 Å².